The number of rotatable bonds is 13. The molecular formula is C19H32ClNO3. The topological polar surface area (TPSA) is 39.7 Å². The second-order valence-electron chi connectivity index (χ2n) is 5.99. The fourth-order valence-electron chi connectivity index (χ4n) is 2.20. The molecule has 1 N–H and O–H groups in total. The fourth-order valence-corrected chi connectivity index (χ4v) is 2.42. The van der Waals surface area contributed by atoms with E-state index in [1.165, 1.54) is 6.42 Å². The number of benzene rings is 1. The van der Waals surface area contributed by atoms with Gasteiger partial charge >= 0.3 is 0 Å². The zero-order valence-corrected chi connectivity index (χ0v) is 16.2. The van der Waals surface area contributed by atoms with Gasteiger partial charge in [-0.2, -0.15) is 0 Å². The van der Waals surface area contributed by atoms with Gasteiger partial charge in [0, 0.05) is 30.8 Å². The molecule has 0 aliphatic heterocycles. The molecular weight excluding hydrogens is 326 g/mol. The van der Waals surface area contributed by atoms with Crippen molar-refractivity contribution in [2.45, 2.75) is 59.6 Å². The molecule has 0 heterocycles. The van der Waals surface area contributed by atoms with Crippen LogP contribution < -0.4 is 14.8 Å². The molecule has 0 amide bonds. The lowest BCUT2D eigenvalue weighted by atomic mass is 10.2. The van der Waals surface area contributed by atoms with Gasteiger partial charge in [0.1, 0.15) is 0 Å². The third kappa shape index (κ3) is 8.22. The smallest absolute Gasteiger partial charge is 0.163 e. The zero-order valence-electron chi connectivity index (χ0n) is 15.5. The van der Waals surface area contributed by atoms with Crippen molar-refractivity contribution in [2.24, 2.45) is 0 Å². The van der Waals surface area contributed by atoms with Crippen LogP contribution in [0.5, 0.6) is 11.5 Å². The molecule has 0 aromatic heterocycles. The van der Waals surface area contributed by atoms with Crippen molar-refractivity contribution in [3.05, 3.63) is 22.7 Å². The molecule has 0 radical (unpaired) electrons. The van der Waals surface area contributed by atoms with E-state index in [1.807, 2.05) is 32.9 Å². The quantitative estimate of drug-likeness (QED) is 0.513. The van der Waals surface area contributed by atoms with Crippen LogP contribution in [0, 0.1) is 0 Å². The average Bonchev–Trinajstić information content (AvgIpc) is 2.53. The summed E-state index contributed by atoms with van der Waals surface area (Å²) in [5.74, 6) is 1.44. The minimum Gasteiger partial charge on any atom is -0.490 e. The number of nitrogens with one attached hydrogen (secondary N) is 1. The summed E-state index contributed by atoms with van der Waals surface area (Å²) in [6.07, 6.45) is 3.38. The Kier molecular flexibility index (Phi) is 10.9. The van der Waals surface area contributed by atoms with E-state index >= 15 is 0 Å². The van der Waals surface area contributed by atoms with Crippen molar-refractivity contribution >= 4 is 11.6 Å². The molecule has 0 spiro atoms. The molecule has 5 heteroatoms. The summed E-state index contributed by atoms with van der Waals surface area (Å²) in [5.41, 5.74) is 1.02. The SMILES string of the molecule is CCCCOCCCNCc1cc(OCC)c(OC(C)C)cc1Cl. The van der Waals surface area contributed by atoms with Crippen LogP contribution in [0.4, 0.5) is 0 Å². The number of unbranched alkanes of at least 4 members (excludes halogenated alkanes) is 1. The molecule has 0 fully saturated rings. The van der Waals surface area contributed by atoms with Gasteiger partial charge in [0.15, 0.2) is 11.5 Å². The highest BCUT2D eigenvalue weighted by Gasteiger charge is 2.12. The van der Waals surface area contributed by atoms with Crippen molar-refractivity contribution in [3.8, 4) is 11.5 Å². The van der Waals surface area contributed by atoms with Crippen LogP contribution in [0.2, 0.25) is 5.02 Å². The van der Waals surface area contributed by atoms with E-state index in [9.17, 15) is 0 Å². The van der Waals surface area contributed by atoms with Gasteiger partial charge in [0.25, 0.3) is 0 Å². The Morgan fingerprint density at radius 3 is 2.50 bits per heavy atom. The van der Waals surface area contributed by atoms with Crippen LogP contribution in [0.1, 0.15) is 52.5 Å². The van der Waals surface area contributed by atoms with Crippen molar-refractivity contribution in [2.75, 3.05) is 26.4 Å². The maximum Gasteiger partial charge on any atom is 0.163 e. The highest BCUT2D eigenvalue weighted by Crippen LogP contribution is 2.34. The van der Waals surface area contributed by atoms with Gasteiger partial charge in [-0.05, 0) is 51.8 Å². The molecule has 0 aliphatic rings. The van der Waals surface area contributed by atoms with E-state index in [4.69, 9.17) is 25.8 Å². The van der Waals surface area contributed by atoms with Crippen molar-refractivity contribution in [1.29, 1.82) is 0 Å². The Morgan fingerprint density at radius 1 is 1.08 bits per heavy atom. The molecule has 24 heavy (non-hydrogen) atoms. The number of halogens is 1. The maximum atomic E-state index is 6.38. The fraction of sp³-hybridized carbons (Fsp3) is 0.684. The Bertz CT molecular complexity index is 466. The van der Waals surface area contributed by atoms with E-state index in [2.05, 4.69) is 12.2 Å². The first-order chi connectivity index (χ1) is 11.6. The van der Waals surface area contributed by atoms with Crippen LogP contribution in [0.25, 0.3) is 0 Å². The van der Waals surface area contributed by atoms with E-state index < -0.39 is 0 Å². The Hall–Kier alpha value is -0.970. The van der Waals surface area contributed by atoms with E-state index in [1.54, 1.807) is 0 Å². The Balaban J connectivity index is 2.48. The maximum absolute atomic E-state index is 6.38. The molecule has 0 aliphatic carbocycles. The molecule has 1 aromatic rings. The molecule has 0 saturated heterocycles. The summed E-state index contributed by atoms with van der Waals surface area (Å²) in [5, 5.41) is 4.10. The summed E-state index contributed by atoms with van der Waals surface area (Å²) >= 11 is 6.38. The summed E-state index contributed by atoms with van der Waals surface area (Å²) in [7, 11) is 0. The second kappa shape index (κ2) is 12.4. The first-order valence-electron chi connectivity index (χ1n) is 8.98. The predicted octanol–water partition coefficient (Wildman–Crippen LogP) is 4.82. The highest BCUT2D eigenvalue weighted by atomic mass is 35.5. The third-order valence-electron chi connectivity index (χ3n) is 3.38. The Labute approximate surface area is 151 Å². The minimum absolute atomic E-state index is 0.0805. The van der Waals surface area contributed by atoms with Gasteiger partial charge in [-0.1, -0.05) is 24.9 Å². The summed E-state index contributed by atoms with van der Waals surface area (Å²) < 4.78 is 17.0. The molecule has 0 saturated carbocycles. The molecule has 0 bridgehead atoms. The van der Waals surface area contributed by atoms with E-state index in [0.717, 1.165) is 43.9 Å². The molecule has 0 atom stereocenters. The minimum atomic E-state index is 0.0805. The van der Waals surface area contributed by atoms with Crippen molar-refractivity contribution in [3.63, 3.8) is 0 Å². The number of ether oxygens (including phenoxy) is 3. The molecule has 0 unspecified atom stereocenters. The van der Waals surface area contributed by atoms with Crippen LogP contribution in [0.3, 0.4) is 0 Å². The predicted molar refractivity (Wildman–Crippen MR) is 100 cm³/mol. The normalized spacial score (nSPS) is 11.1. The first kappa shape index (κ1) is 21.1. The van der Waals surface area contributed by atoms with Crippen LogP contribution in [0.15, 0.2) is 12.1 Å². The van der Waals surface area contributed by atoms with Crippen LogP contribution in [-0.2, 0) is 11.3 Å². The Morgan fingerprint density at radius 2 is 1.83 bits per heavy atom. The van der Waals surface area contributed by atoms with Crippen LogP contribution in [-0.4, -0.2) is 32.5 Å². The lowest BCUT2D eigenvalue weighted by molar-refractivity contribution is 0.129. The standard InChI is InChI=1S/C19H32ClNO3/c1-5-7-10-22-11-8-9-21-14-16-12-18(23-6-2)19(13-17(16)20)24-15(3)4/h12-13,15,21H,5-11,14H2,1-4H3. The van der Waals surface area contributed by atoms with E-state index in [-0.39, 0.29) is 6.10 Å². The molecule has 138 valence electrons. The number of hydrogen-bond acceptors (Lipinski definition) is 4. The monoisotopic (exact) mass is 357 g/mol. The number of hydrogen-bond donors (Lipinski definition) is 1. The van der Waals surface area contributed by atoms with Crippen molar-refractivity contribution < 1.29 is 14.2 Å². The second-order valence-corrected chi connectivity index (χ2v) is 6.39. The zero-order chi connectivity index (χ0) is 17.8. The molecule has 1 aromatic carbocycles. The average molecular weight is 358 g/mol. The van der Waals surface area contributed by atoms with Gasteiger partial charge in [-0.3, -0.25) is 0 Å². The third-order valence-corrected chi connectivity index (χ3v) is 3.73. The van der Waals surface area contributed by atoms with Gasteiger partial charge < -0.3 is 19.5 Å². The lowest BCUT2D eigenvalue weighted by Gasteiger charge is -2.17. The summed E-state index contributed by atoms with van der Waals surface area (Å²) in [4.78, 5) is 0. The van der Waals surface area contributed by atoms with Crippen molar-refractivity contribution in [1.82, 2.24) is 5.32 Å². The lowest BCUT2D eigenvalue weighted by Crippen LogP contribution is -2.17. The molecule has 4 nitrogen and oxygen atoms in total. The molecule has 1 rings (SSSR count). The largest absolute Gasteiger partial charge is 0.490 e. The van der Waals surface area contributed by atoms with Gasteiger partial charge in [-0.15, -0.1) is 0 Å². The summed E-state index contributed by atoms with van der Waals surface area (Å²) in [6, 6.07) is 3.81. The van der Waals surface area contributed by atoms with Gasteiger partial charge in [0.2, 0.25) is 0 Å². The van der Waals surface area contributed by atoms with E-state index in [0.29, 0.717) is 23.9 Å². The first-order valence-corrected chi connectivity index (χ1v) is 9.36. The van der Waals surface area contributed by atoms with Gasteiger partial charge in [-0.25, -0.2) is 0 Å². The van der Waals surface area contributed by atoms with Crippen LogP contribution >= 0.6 is 11.6 Å². The summed E-state index contributed by atoms with van der Waals surface area (Å²) in [6.45, 7) is 12.0. The highest BCUT2D eigenvalue weighted by molar-refractivity contribution is 6.31. The van der Waals surface area contributed by atoms with Gasteiger partial charge in [0.05, 0.1) is 12.7 Å².